The van der Waals surface area contributed by atoms with E-state index in [0.717, 1.165) is 37.8 Å². The molecule has 1 aromatic rings. The monoisotopic (exact) mass is 272 g/mol. The van der Waals surface area contributed by atoms with E-state index in [1.165, 1.54) is 12.5 Å². The van der Waals surface area contributed by atoms with Gasteiger partial charge in [0.2, 0.25) is 0 Å². The van der Waals surface area contributed by atoms with E-state index in [9.17, 15) is 18.1 Å². The van der Waals surface area contributed by atoms with Crippen LogP contribution in [0.3, 0.4) is 0 Å². The second-order valence-electron chi connectivity index (χ2n) is 4.80. The van der Waals surface area contributed by atoms with E-state index in [1.54, 1.807) is 0 Å². The molecule has 0 spiro atoms. The Morgan fingerprint density at radius 2 is 1.84 bits per heavy atom. The number of hydrogen-bond donors (Lipinski definition) is 1. The second-order valence-corrected chi connectivity index (χ2v) is 4.80. The summed E-state index contributed by atoms with van der Waals surface area (Å²) in [7, 11) is 0. The third-order valence-corrected chi connectivity index (χ3v) is 3.38. The largest absolute Gasteiger partial charge is 0.418 e. The quantitative estimate of drug-likeness (QED) is 0.799. The van der Waals surface area contributed by atoms with E-state index in [-0.39, 0.29) is 6.04 Å². The van der Waals surface area contributed by atoms with Gasteiger partial charge in [0, 0.05) is 11.7 Å². The average Bonchev–Trinajstić information content (AvgIpc) is 2.39. The molecule has 1 aromatic carbocycles. The van der Waals surface area contributed by atoms with Crippen LogP contribution in [0.4, 0.5) is 24.5 Å². The number of rotatable bonds is 3. The molecule has 1 fully saturated rings. The summed E-state index contributed by atoms with van der Waals surface area (Å²) in [5, 5.41) is 5.53. The van der Waals surface area contributed by atoms with Gasteiger partial charge in [0.15, 0.2) is 0 Å². The van der Waals surface area contributed by atoms with Gasteiger partial charge in [-0.2, -0.15) is 13.2 Å². The highest BCUT2D eigenvalue weighted by Crippen LogP contribution is 2.38. The fraction of sp³-hybridized carbons (Fsp3) is 0.538. The number of anilines is 1. The molecule has 1 N–H and O–H groups in total. The molecule has 1 aliphatic rings. The average molecular weight is 272 g/mol. The van der Waals surface area contributed by atoms with Crippen molar-refractivity contribution in [3.8, 4) is 0 Å². The fourth-order valence-corrected chi connectivity index (χ4v) is 2.42. The number of nitroso groups, excluding NO2 is 1. The molecular formula is C13H15F3N2O. The second kappa shape index (κ2) is 5.59. The molecule has 0 atom stereocenters. The predicted molar refractivity (Wildman–Crippen MR) is 67.4 cm³/mol. The van der Waals surface area contributed by atoms with Crippen LogP contribution in [0.15, 0.2) is 23.4 Å². The summed E-state index contributed by atoms with van der Waals surface area (Å²) >= 11 is 0. The summed E-state index contributed by atoms with van der Waals surface area (Å²) in [5.41, 5.74) is -1.16. The Balaban J connectivity index is 2.20. The SMILES string of the molecule is O=Nc1ccc(NC2CCCCC2)cc1C(F)(F)F. The molecule has 19 heavy (non-hydrogen) atoms. The van der Waals surface area contributed by atoms with Crippen molar-refractivity contribution in [2.75, 3.05) is 5.32 Å². The fourth-order valence-electron chi connectivity index (χ4n) is 2.42. The minimum absolute atomic E-state index is 0.213. The zero-order chi connectivity index (χ0) is 13.9. The molecule has 0 unspecified atom stereocenters. The summed E-state index contributed by atoms with van der Waals surface area (Å²) < 4.78 is 38.3. The standard InChI is InChI=1S/C13H15F3N2O/c14-13(15,16)11-8-10(6-7-12(11)18-19)17-9-4-2-1-3-5-9/h6-9,17H,1-5H2. The topological polar surface area (TPSA) is 41.5 Å². The van der Waals surface area contributed by atoms with Gasteiger partial charge in [-0.05, 0) is 36.2 Å². The predicted octanol–water partition coefficient (Wildman–Crippen LogP) is 4.85. The van der Waals surface area contributed by atoms with Crippen LogP contribution in [-0.4, -0.2) is 6.04 Å². The number of nitrogens with zero attached hydrogens (tertiary/aromatic N) is 1. The van der Waals surface area contributed by atoms with Gasteiger partial charge in [0.05, 0.1) is 5.56 Å². The Morgan fingerprint density at radius 1 is 1.16 bits per heavy atom. The molecule has 6 heteroatoms. The summed E-state index contributed by atoms with van der Waals surface area (Å²) in [6.07, 6.45) is 0.743. The lowest BCUT2D eigenvalue weighted by atomic mass is 9.95. The van der Waals surface area contributed by atoms with Gasteiger partial charge >= 0.3 is 6.18 Å². The number of benzene rings is 1. The van der Waals surface area contributed by atoms with Crippen LogP contribution in [0.1, 0.15) is 37.7 Å². The van der Waals surface area contributed by atoms with Gasteiger partial charge in [-0.3, -0.25) is 0 Å². The van der Waals surface area contributed by atoms with E-state index in [0.29, 0.717) is 5.69 Å². The maximum Gasteiger partial charge on any atom is 0.418 e. The van der Waals surface area contributed by atoms with E-state index < -0.39 is 17.4 Å². The van der Waals surface area contributed by atoms with Gasteiger partial charge in [0.25, 0.3) is 0 Å². The number of hydrogen-bond acceptors (Lipinski definition) is 3. The normalized spacial score (nSPS) is 17.2. The van der Waals surface area contributed by atoms with Gasteiger partial charge in [-0.1, -0.05) is 19.3 Å². The van der Waals surface area contributed by atoms with Gasteiger partial charge in [0.1, 0.15) is 5.69 Å². The zero-order valence-corrected chi connectivity index (χ0v) is 10.3. The first-order chi connectivity index (χ1) is 9.00. The van der Waals surface area contributed by atoms with Crippen molar-refractivity contribution in [3.63, 3.8) is 0 Å². The van der Waals surface area contributed by atoms with Crippen LogP contribution in [0, 0.1) is 4.91 Å². The van der Waals surface area contributed by atoms with Crippen molar-refractivity contribution < 1.29 is 13.2 Å². The number of halogens is 3. The highest BCUT2D eigenvalue weighted by atomic mass is 19.4. The van der Waals surface area contributed by atoms with E-state index in [1.807, 2.05) is 0 Å². The van der Waals surface area contributed by atoms with Crippen molar-refractivity contribution in [3.05, 3.63) is 28.7 Å². The first-order valence-corrected chi connectivity index (χ1v) is 6.32. The van der Waals surface area contributed by atoms with Crippen molar-refractivity contribution in [2.24, 2.45) is 5.18 Å². The summed E-state index contributed by atoms with van der Waals surface area (Å²) in [4.78, 5) is 10.4. The first kappa shape index (κ1) is 13.8. The number of nitrogens with one attached hydrogen (secondary N) is 1. The molecule has 0 heterocycles. The highest BCUT2D eigenvalue weighted by Gasteiger charge is 2.34. The molecule has 1 saturated carbocycles. The Morgan fingerprint density at radius 3 is 2.42 bits per heavy atom. The third-order valence-electron chi connectivity index (χ3n) is 3.38. The molecule has 0 amide bonds. The van der Waals surface area contributed by atoms with Crippen LogP contribution in [-0.2, 0) is 6.18 Å². The van der Waals surface area contributed by atoms with E-state index in [2.05, 4.69) is 10.5 Å². The Bertz CT molecular complexity index is 454. The molecule has 104 valence electrons. The van der Waals surface area contributed by atoms with Crippen molar-refractivity contribution in [2.45, 2.75) is 44.3 Å². The summed E-state index contributed by atoms with van der Waals surface area (Å²) in [6, 6.07) is 3.76. The zero-order valence-electron chi connectivity index (χ0n) is 10.3. The van der Waals surface area contributed by atoms with Gasteiger partial charge in [-0.25, -0.2) is 0 Å². The lowest BCUT2D eigenvalue weighted by Gasteiger charge is -2.24. The highest BCUT2D eigenvalue weighted by molar-refractivity contribution is 5.58. The first-order valence-electron chi connectivity index (χ1n) is 6.32. The molecule has 3 nitrogen and oxygen atoms in total. The minimum Gasteiger partial charge on any atom is -0.382 e. The molecular weight excluding hydrogens is 257 g/mol. The molecule has 0 saturated heterocycles. The lowest BCUT2D eigenvalue weighted by Crippen LogP contribution is -2.22. The van der Waals surface area contributed by atoms with Crippen molar-refractivity contribution in [1.29, 1.82) is 0 Å². The molecule has 0 aromatic heterocycles. The Hall–Kier alpha value is -1.59. The third kappa shape index (κ3) is 3.45. The van der Waals surface area contributed by atoms with Crippen LogP contribution < -0.4 is 5.32 Å². The van der Waals surface area contributed by atoms with Crippen LogP contribution >= 0.6 is 0 Å². The molecule has 1 aliphatic carbocycles. The summed E-state index contributed by atoms with van der Waals surface area (Å²) in [6.45, 7) is 0. The van der Waals surface area contributed by atoms with E-state index in [4.69, 9.17) is 0 Å². The Kier molecular flexibility index (Phi) is 4.07. The smallest absolute Gasteiger partial charge is 0.382 e. The Labute approximate surface area is 109 Å². The lowest BCUT2D eigenvalue weighted by molar-refractivity contribution is -0.137. The van der Waals surface area contributed by atoms with Gasteiger partial charge in [-0.15, -0.1) is 4.91 Å². The van der Waals surface area contributed by atoms with Crippen LogP contribution in [0.5, 0.6) is 0 Å². The van der Waals surface area contributed by atoms with Gasteiger partial charge < -0.3 is 5.32 Å². The maximum atomic E-state index is 12.8. The number of alkyl halides is 3. The van der Waals surface area contributed by atoms with Crippen LogP contribution in [0.25, 0.3) is 0 Å². The van der Waals surface area contributed by atoms with Crippen LogP contribution in [0.2, 0.25) is 0 Å². The molecule has 0 radical (unpaired) electrons. The summed E-state index contributed by atoms with van der Waals surface area (Å²) in [5.74, 6) is 0. The van der Waals surface area contributed by atoms with Crippen molar-refractivity contribution in [1.82, 2.24) is 0 Å². The minimum atomic E-state index is -4.56. The van der Waals surface area contributed by atoms with E-state index >= 15 is 0 Å². The maximum absolute atomic E-state index is 12.8. The molecule has 0 aliphatic heterocycles. The molecule has 2 rings (SSSR count). The van der Waals surface area contributed by atoms with Crippen molar-refractivity contribution >= 4 is 11.4 Å². The molecule has 0 bridgehead atoms.